The quantitative estimate of drug-likeness (QED) is 0.644. The van der Waals surface area contributed by atoms with Crippen LogP contribution < -0.4 is 4.90 Å². The van der Waals surface area contributed by atoms with Crippen LogP contribution in [0.5, 0.6) is 0 Å². The monoisotopic (exact) mass is 348 g/mol. The summed E-state index contributed by atoms with van der Waals surface area (Å²) in [6.45, 7) is 6.54. The molecule has 2 heterocycles. The number of hydrogen-bond acceptors (Lipinski definition) is 3. The van der Waals surface area contributed by atoms with E-state index in [9.17, 15) is 9.59 Å². The lowest BCUT2D eigenvalue weighted by Gasteiger charge is -2.13. The van der Waals surface area contributed by atoms with Gasteiger partial charge in [-0.3, -0.25) is 14.5 Å². The lowest BCUT2D eigenvalue weighted by molar-refractivity contribution is -0.107. The Morgan fingerprint density at radius 2 is 1.88 bits per heavy atom. The maximum absolute atomic E-state index is 12.2. The van der Waals surface area contributed by atoms with Crippen LogP contribution in [-0.4, -0.2) is 14.9 Å². The van der Waals surface area contributed by atoms with Gasteiger partial charge in [-0.05, 0) is 18.6 Å². The van der Waals surface area contributed by atoms with Crippen LogP contribution in [-0.2, 0) is 11.3 Å². The van der Waals surface area contributed by atoms with Crippen molar-refractivity contribution in [3.63, 3.8) is 0 Å². The second-order valence-electron chi connectivity index (χ2n) is 6.09. The number of fused-ring (bicyclic) bond motifs is 1. The maximum atomic E-state index is 12.2. The zero-order valence-electron chi connectivity index (χ0n) is 13.7. The fraction of sp³-hybridized carbons (Fsp3) is 0.100. The molecule has 25 heavy (non-hydrogen) atoms. The van der Waals surface area contributed by atoms with Gasteiger partial charge >= 0.3 is 0 Å². The van der Waals surface area contributed by atoms with E-state index in [2.05, 4.69) is 36.3 Å². The van der Waals surface area contributed by atoms with Crippen LogP contribution in [0.2, 0.25) is 0 Å². The molecule has 4 rings (SSSR count). The van der Waals surface area contributed by atoms with Crippen molar-refractivity contribution in [2.45, 2.75) is 13.5 Å². The first-order chi connectivity index (χ1) is 12.0. The molecule has 3 aromatic rings. The first kappa shape index (κ1) is 15.7. The molecule has 124 valence electrons. The highest BCUT2D eigenvalue weighted by Gasteiger charge is 2.36. The van der Waals surface area contributed by atoms with E-state index in [0.717, 1.165) is 10.9 Å². The largest absolute Gasteiger partial charge is 0.341 e. The number of aromatic nitrogens is 1. The Morgan fingerprint density at radius 1 is 1.08 bits per heavy atom. The molecule has 0 spiro atoms. The molecule has 5 heteroatoms. The van der Waals surface area contributed by atoms with E-state index in [1.54, 1.807) is 0 Å². The Hall–Kier alpha value is -2.79. The molecular weight excluding hydrogens is 332 g/mol. The molecule has 0 unspecified atom stereocenters. The van der Waals surface area contributed by atoms with Gasteiger partial charge < -0.3 is 4.57 Å². The van der Waals surface area contributed by atoms with Crippen molar-refractivity contribution in [3.8, 4) is 0 Å². The molecule has 0 atom stereocenters. The van der Waals surface area contributed by atoms with Crippen LogP contribution in [0.15, 0.2) is 67.0 Å². The van der Waals surface area contributed by atoms with Gasteiger partial charge in [0.2, 0.25) is 5.12 Å². The lowest BCUT2D eigenvalue weighted by atomic mass is 10.1. The Bertz CT molecular complexity index is 1040. The topological polar surface area (TPSA) is 42.3 Å². The maximum Gasteiger partial charge on any atom is 0.298 e. The lowest BCUT2D eigenvalue weighted by Crippen LogP contribution is -2.20. The third-order valence-corrected chi connectivity index (χ3v) is 5.09. The molecule has 0 N–H and O–H groups in total. The average molecular weight is 348 g/mol. The number of carbonyl (C=O) groups is 2. The molecule has 0 saturated carbocycles. The molecule has 1 amide bonds. The fourth-order valence-electron chi connectivity index (χ4n) is 3.17. The molecule has 0 aliphatic carbocycles. The molecule has 1 aromatic heterocycles. The normalized spacial score (nSPS) is 14.8. The SMILES string of the molecule is C=C1C(=O)SC(=O)N1c1cn(Cc2cccc(C)c2)c2ccccc12. The molecule has 1 aliphatic heterocycles. The van der Waals surface area contributed by atoms with Crippen molar-refractivity contribution in [1.29, 1.82) is 0 Å². The van der Waals surface area contributed by atoms with Crippen LogP contribution in [0, 0.1) is 6.92 Å². The van der Waals surface area contributed by atoms with Gasteiger partial charge in [0, 0.05) is 29.9 Å². The van der Waals surface area contributed by atoms with E-state index in [1.807, 2.05) is 36.5 Å². The smallest absolute Gasteiger partial charge is 0.298 e. The zero-order valence-corrected chi connectivity index (χ0v) is 14.5. The van der Waals surface area contributed by atoms with Gasteiger partial charge in [-0.25, -0.2) is 0 Å². The summed E-state index contributed by atoms with van der Waals surface area (Å²) in [5.74, 6) is 0. The molecule has 1 saturated heterocycles. The summed E-state index contributed by atoms with van der Waals surface area (Å²) in [6.07, 6.45) is 1.93. The molecule has 1 aliphatic rings. The van der Waals surface area contributed by atoms with E-state index >= 15 is 0 Å². The summed E-state index contributed by atoms with van der Waals surface area (Å²) < 4.78 is 2.10. The van der Waals surface area contributed by atoms with Gasteiger partial charge in [-0.1, -0.05) is 54.6 Å². The Morgan fingerprint density at radius 3 is 2.60 bits per heavy atom. The first-order valence-corrected chi connectivity index (χ1v) is 8.75. The molecule has 0 radical (unpaired) electrons. The first-order valence-electron chi connectivity index (χ1n) is 7.93. The van der Waals surface area contributed by atoms with Crippen molar-refractivity contribution in [2.75, 3.05) is 4.90 Å². The zero-order chi connectivity index (χ0) is 17.6. The van der Waals surface area contributed by atoms with E-state index in [1.165, 1.54) is 16.0 Å². The molecule has 0 bridgehead atoms. The standard InChI is InChI=1S/C20H16N2O2S/c1-13-6-5-7-15(10-13)11-21-12-18(16-8-3-4-9-17(16)21)22-14(2)19(23)25-20(22)24/h3-10,12H,2,11H2,1H3. The molecule has 2 aromatic carbocycles. The number of thioether (sulfide) groups is 1. The number of amides is 1. The van der Waals surface area contributed by atoms with Gasteiger partial charge in [0.15, 0.2) is 0 Å². The number of benzene rings is 2. The second kappa shape index (κ2) is 5.93. The van der Waals surface area contributed by atoms with Crippen molar-refractivity contribution in [2.24, 2.45) is 0 Å². The fourth-order valence-corrected chi connectivity index (χ4v) is 3.84. The van der Waals surface area contributed by atoms with Crippen molar-refractivity contribution in [3.05, 3.63) is 78.1 Å². The Kier molecular flexibility index (Phi) is 3.73. The number of aryl methyl sites for hydroxylation is 1. The van der Waals surface area contributed by atoms with Crippen LogP contribution in [0.25, 0.3) is 10.9 Å². The summed E-state index contributed by atoms with van der Waals surface area (Å²) in [7, 11) is 0. The van der Waals surface area contributed by atoms with Crippen LogP contribution in [0.1, 0.15) is 11.1 Å². The summed E-state index contributed by atoms with van der Waals surface area (Å²) in [4.78, 5) is 25.5. The highest BCUT2D eigenvalue weighted by Crippen LogP contribution is 2.38. The third-order valence-electron chi connectivity index (χ3n) is 4.31. The number of hydrogen-bond donors (Lipinski definition) is 0. The second-order valence-corrected chi connectivity index (χ2v) is 7.01. The van der Waals surface area contributed by atoms with E-state index < -0.39 is 0 Å². The highest BCUT2D eigenvalue weighted by molar-refractivity contribution is 8.27. The summed E-state index contributed by atoms with van der Waals surface area (Å²) in [5.41, 5.74) is 4.33. The van der Waals surface area contributed by atoms with Crippen molar-refractivity contribution in [1.82, 2.24) is 4.57 Å². The van der Waals surface area contributed by atoms with Crippen LogP contribution in [0.4, 0.5) is 10.5 Å². The number of anilines is 1. The predicted octanol–water partition coefficient (Wildman–Crippen LogP) is 4.71. The van der Waals surface area contributed by atoms with Gasteiger partial charge in [-0.15, -0.1) is 0 Å². The average Bonchev–Trinajstić information content (AvgIpc) is 3.05. The minimum atomic E-state index is -0.298. The van der Waals surface area contributed by atoms with Crippen molar-refractivity contribution < 1.29 is 9.59 Å². The van der Waals surface area contributed by atoms with E-state index in [4.69, 9.17) is 0 Å². The minimum absolute atomic E-state index is 0.216. The van der Waals surface area contributed by atoms with Crippen molar-refractivity contribution >= 4 is 38.7 Å². The van der Waals surface area contributed by atoms with E-state index in [0.29, 0.717) is 24.0 Å². The van der Waals surface area contributed by atoms with Gasteiger partial charge in [0.25, 0.3) is 5.24 Å². The summed E-state index contributed by atoms with van der Waals surface area (Å²) >= 11 is 0.695. The predicted molar refractivity (Wildman–Crippen MR) is 102 cm³/mol. The summed E-state index contributed by atoms with van der Waals surface area (Å²) in [5, 5.41) is 0.342. The van der Waals surface area contributed by atoms with Gasteiger partial charge in [0.1, 0.15) is 0 Å². The minimum Gasteiger partial charge on any atom is -0.341 e. The number of nitrogens with zero attached hydrogens (tertiary/aromatic N) is 2. The van der Waals surface area contributed by atoms with Gasteiger partial charge in [-0.2, -0.15) is 0 Å². The number of carbonyl (C=O) groups excluding carboxylic acids is 2. The Balaban J connectivity index is 1.83. The number of para-hydroxylation sites is 1. The Labute approximate surface area is 149 Å². The van der Waals surface area contributed by atoms with Gasteiger partial charge in [0.05, 0.1) is 16.9 Å². The number of rotatable bonds is 3. The van der Waals surface area contributed by atoms with E-state index in [-0.39, 0.29) is 16.1 Å². The van der Waals surface area contributed by atoms with Crippen LogP contribution in [0.3, 0.4) is 0 Å². The highest BCUT2D eigenvalue weighted by atomic mass is 32.2. The molecular formula is C20H16N2O2S. The molecule has 4 nitrogen and oxygen atoms in total. The summed E-state index contributed by atoms with van der Waals surface area (Å²) in [6, 6.07) is 16.2. The molecule has 1 fully saturated rings. The third kappa shape index (κ3) is 2.66. The van der Waals surface area contributed by atoms with Crippen LogP contribution >= 0.6 is 11.8 Å².